The predicted molar refractivity (Wildman–Crippen MR) is 104 cm³/mol. The minimum Gasteiger partial charge on any atom is -0.411 e. The van der Waals surface area contributed by atoms with Crippen molar-refractivity contribution in [3.8, 4) is 11.5 Å². The van der Waals surface area contributed by atoms with Crippen LogP contribution in [0.1, 0.15) is 45.6 Å². The van der Waals surface area contributed by atoms with Crippen molar-refractivity contribution in [2.75, 3.05) is 0 Å². The summed E-state index contributed by atoms with van der Waals surface area (Å²) in [5, 5.41) is 11.5. The fourth-order valence-corrected chi connectivity index (χ4v) is 4.05. The number of hydrogen-bond donors (Lipinski definition) is 1. The van der Waals surface area contributed by atoms with Crippen LogP contribution in [0.5, 0.6) is 0 Å². The molecule has 3 rings (SSSR count). The van der Waals surface area contributed by atoms with Crippen molar-refractivity contribution in [1.29, 1.82) is 0 Å². The van der Waals surface area contributed by atoms with Crippen LogP contribution in [0.15, 0.2) is 33.9 Å². The van der Waals surface area contributed by atoms with Gasteiger partial charge in [-0.1, -0.05) is 56.1 Å². The van der Waals surface area contributed by atoms with E-state index in [-0.39, 0.29) is 17.2 Å². The first-order chi connectivity index (χ1) is 12.4. The molecule has 1 aromatic carbocycles. The second kappa shape index (κ2) is 8.25. The number of benzene rings is 1. The Labute approximate surface area is 159 Å². The van der Waals surface area contributed by atoms with Gasteiger partial charge < -0.3 is 9.73 Å². The third-order valence-corrected chi connectivity index (χ3v) is 6.32. The van der Waals surface area contributed by atoms with Crippen LogP contribution in [-0.4, -0.2) is 27.4 Å². The van der Waals surface area contributed by atoms with E-state index in [1.165, 1.54) is 30.2 Å². The molecule has 0 radical (unpaired) electrons. The molecule has 0 saturated heterocycles. The number of carbonyl (C=O) groups excluding carboxylic acids is 1. The summed E-state index contributed by atoms with van der Waals surface area (Å²) in [6, 6.07) is 8.20. The monoisotopic (exact) mass is 373 g/mol. The van der Waals surface area contributed by atoms with Gasteiger partial charge in [-0.25, -0.2) is 0 Å². The van der Waals surface area contributed by atoms with Crippen molar-refractivity contribution >= 4 is 17.7 Å². The molecular formula is C20H27N3O2S. The van der Waals surface area contributed by atoms with Crippen LogP contribution >= 0.6 is 11.8 Å². The Morgan fingerprint density at radius 2 is 1.96 bits per heavy atom. The number of nitrogens with zero attached hydrogens (tertiary/aromatic N) is 2. The second-order valence-electron chi connectivity index (χ2n) is 7.38. The van der Waals surface area contributed by atoms with E-state index in [1.54, 1.807) is 0 Å². The number of nitrogens with one attached hydrogen (secondary N) is 1. The molecular weight excluding hydrogens is 346 g/mol. The number of carbonyl (C=O) groups is 1. The molecule has 1 heterocycles. The molecule has 140 valence electrons. The van der Waals surface area contributed by atoms with Crippen LogP contribution in [0.2, 0.25) is 0 Å². The highest BCUT2D eigenvalue weighted by Crippen LogP contribution is 2.30. The summed E-state index contributed by atoms with van der Waals surface area (Å²) in [6.07, 6.45) is 3.50. The Morgan fingerprint density at radius 3 is 2.69 bits per heavy atom. The average molecular weight is 374 g/mol. The van der Waals surface area contributed by atoms with E-state index >= 15 is 0 Å². The number of hydrogen-bond acceptors (Lipinski definition) is 5. The fourth-order valence-electron chi connectivity index (χ4n) is 3.36. The summed E-state index contributed by atoms with van der Waals surface area (Å²) in [4.78, 5) is 12.6. The normalized spacial score (nSPS) is 24.2. The maximum absolute atomic E-state index is 12.6. The molecule has 1 N–H and O–H groups in total. The van der Waals surface area contributed by atoms with Gasteiger partial charge in [0.25, 0.3) is 5.22 Å². The Bertz CT molecular complexity index is 744. The van der Waals surface area contributed by atoms with Gasteiger partial charge in [-0.05, 0) is 44.2 Å². The first-order valence-corrected chi connectivity index (χ1v) is 10.2. The van der Waals surface area contributed by atoms with Gasteiger partial charge in [0, 0.05) is 11.6 Å². The lowest BCUT2D eigenvalue weighted by Crippen LogP contribution is -2.46. The highest BCUT2D eigenvalue weighted by Gasteiger charge is 2.29. The first kappa shape index (κ1) is 19.0. The fraction of sp³-hybridized carbons (Fsp3) is 0.550. The van der Waals surface area contributed by atoms with E-state index < -0.39 is 0 Å². The first-order valence-electron chi connectivity index (χ1n) is 9.31. The van der Waals surface area contributed by atoms with Gasteiger partial charge in [-0.2, -0.15) is 0 Å². The van der Waals surface area contributed by atoms with Crippen molar-refractivity contribution in [2.24, 2.45) is 11.8 Å². The van der Waals surface area contributed by atoms with Gasteiger partial charge in [0.2, 0.25) is 11.8 Å². The lowest BCUT2D eigenvalue weighted by Gasteiger charge is -2.35. The molecule has 6 heteroatoms. The number of rotatable bonds is 5. The lowest BCUT2D eigenvalue weighted by atomic mass is 9.78. The zero-order valence-electron chi connectivity index (χ0n) is 15.9. The summed E-state index contributed by atoms with van der Waals surface area (Å²) >= 11 is 1.31. The van der Waals surface area contributed by atoms with E-state index in [1.807, 2.05) is 38.1 Å². The van der Waals surface area contributed by atoms with E-state index in [0.717, 1.165) is 12.0 Å². The second-order valence-corrected chi connectivity index (χ2v) is 8.67. The number of amides is 1. The van der Waals surface area contributed by atoms with Crippen LogP contribution in [0.3, 0.4) is 0 Å². The van der Waals surface area contributed by atoms with Crippen LogP contribution in [0.25, 0.3) is 11.5 Å². The zero-order valence-corrected chi connectivity index (χ0v) is 16.7. The molecule has 26 heavy (non-hydrogen) atoms. The molecule has 1 amide bonds. The lowest BCUT2D eigenvalue weighted by molar-refractivity contribution is -0.121. The van der Waals surface area contributed by atoms with E-state index in [4.69, 9.17) is 4.42 Å². The van der Waals surface area contributed by atoms with Crippen molar-refractivity contribution < 1.29 is 9.21 Å². The molecule has 0 unspecified atom stereocenters. The van der Waals surface area contributed by atoms with Gasteiger partial charge in [-0.3, -0.25) is 4.79 Å². The molecule has 0 aliphatic heterocycles. The van der Waals surface area contributed by atoms with Crippen molar-refractivity contribution in [1.82, 2.24) is 15.5 Å². The van der Waals surface area contributed by atoms with Crippen molar-refractivity contribution in [3.05, 3.63) is 29.8 Å². The molecule has 1 fully saturated rings. The summed E-state index contributed by atoms with van der Waals surface area (Å²) in [5.74, 6) is 1.69. The highest BCUT2D eigenvalue weighted by atomic mass is 32.2. The maximum Gasteiger partial charge on any atom is 0.277 e. The molecule has 2 aromatic rings. The molecule has 5 nitrogen and oxygen atoms in total. The summed E-state index contributed by atoms with van der Waals surface area (Å²) in [7, 11) is 0. The largest absolute Gasteiger partial charge is 0.411 e. The highest BCUT2D eigenvalue weighted by molar-refractivity contribution is 8.00. The quantitative estimate of drug-likeness (QED) is 0.783. The molecule has 1 aromatic heterocycles. The topological polar surface area (TPSA) is 68.0 Å². The Kier molecular flexibility index (Phi) is 6.01. The third-order valence-electron chi connectivity index (χ3n) is 5.39. The Morgan fingerprint density at radius 1 is 1.23 bits per heavy atom. The number of aryl methyl sites for hydroxylation is 1. The summed E-state index contributed by atoms with van der Waals surface area (Å²) in [6.45, 7) is 8.42. The number of thioether (sulfide) groups is 1. The van der Waals surface area contributed by atoms with Crippen LogP contribution in [0, 0.1) is 18.8 Å². The standard InChI is InChI=1S/C20H27N3O2S/c1-12-8-10-16(11-9-12)19-22-23-20(25-19)26-15(4)18(24)21-17-7-5-6-13(2)14(17)3/h8-11,13-15,17H,5-7H2,1-4H3,(H,21,24)/t13-,14-,15+,17+/m0/s1. The zero-order chi connectivity index (χ0) is 18.7. The van der Waals surface area contributed by atoms with Gasteiger partial charge in [0.15, 0.2) is 0 Å². The van der Waals surface area contributed by atoms with E-state index in [9.17, 15) is 4.79 Å². The Hall–Kier alpha value is -1.82. The number of aromatic nitrogens is 2. The van der Waals surface area contributed by atoms with Gasteiger partial charge in [-0.15, -0.1) is 10.2 Å². The summed E-state index contributed by atoms with van der Waals surface area (Å²) in [5.41, 5.74) is 2.07. The van der Waals surface area contributed by atoms with Gasteiger partial charge in [0.1, 0.15) is 0 Å². The summed E-state index contributed by atoms with van der Waals surface area (Å²) < 4.78 is 5.72. The molecule has 4 atom stereocenters. The minimum atomic E-state index is -0.272. The van der Waals surface area contributed by atoms with E-state index in [0.29, 0.717) is 22.9 Å². The van der Waals surface area contributed by atoms with E-state index in [2.05, 4.69) is 29.4 Å². The van der Waals surface area contributed by atoms with Gasteiger partial charge >= 0.3 is 0 Å². The third kappa shape index (κ3) is 4.47. The van der Waals surface area contributed by atoms with Crippen molar-refractivity contribution in [2.45, 2.75) is 63.5 Å². The van der Waals surface area contributed by atoms with Gasteiger partial charge in [0.05, 0.1) is 5.25 Å². The Balaban J connectivity index is 1.58. The molecule has 1 aliphatic carbocycles. The molecule has 1 saturated carbocycles. The predicted octanol–water partition coefficient (Wildman–Crippen LogP) is 4.47. The minimum absolute atomic E-state index is 0.0380. The average Bonchev–Trinajstić information content (AvgIpc) is 3.08. The van der Waals surface area contributed by atoms with Crippen LogP contribution in [0.4, 0.5) is 0 Å². The van der Waals surface area contributed by atoms with Crippen LogP contribution in [-0.2, 0) is 4.79 Å². The van der Waals surface area contributed by atoms with Crippen LogP contribution < -0.4 is 5.32 Å². The maximum atomic E-state index is 12.6. The SMILES string of the molecule is Cc1ccc(-c2nnc(S[C@H](C)C(=O)N[C@@H]3CCC[C@H](C)[C@@H]3C)o2)cc1. The molecule has 1 aliphatic rings. The smallest absolute Gasteiger partial charge is 0.277 e. The molecule has 0 spiro atoms. The molecule has 0 bridgehead atoms. The van der Waals surface area contributed by atoms with Crippen molar-refractivity contribution in [3.63, 3.8) is 0 Å².